The highest BCUT2D eigenvalue weighted by atomic mass is 19.3. The average Bonchev–Trinajstić information content (AvgIpc) is 3.13. The Bertz CT molecular complexity index is 803. The van der Waals surface area contributed by atoms with Gasteiger partial charge in [0.15, 0.2) is 17.5 Å². The van der Waals surface area contributed by atoms with Crippen molar-refractivity contribution in [2.75, 3.05) is 13.2 Å². The van der Waals surface area contributed by atoms with Gasteiger partial charge in [-0.25, -0.2) is 4.99 Å². The fourth-order valence-corrected chi connectivity index (χ4v) is 2.93. The van der Waals surface area contributed by atoms with Crippen molar-refractivity contribution in [3.63, 3.8) is 0 Å². The first-order valence-electron chi connectivity index (χ1n) is 10.2. The van der Waals surface area contributed by atoms with Crippen molar-refractivity contribution in [2.45, 2.75) is 60.2 Å². The van der Waals surface area contributed by atoms with Gasteiger partial charge in [-0.05, 0) is 38.0 Å². The summed E-state index contributed by atoms with van der Waals surface area (Å²) >= 11 is 0. The number of ether oxygens (including phenoxy) is 2. The molecule has 0 unspecified atom stereocenters. The summed E-state index contributed by atoms with van der Waals surface area (Å²) in [6.45, 7) is 6.85. The summed E-state index contributed by atoms with van der Waals surface area (Å²) in [5.74, 6) is 1.78. The number of aryl methyl sites for hydroxylation is 2. The largest absolute Gasteiger partial charge is 0.490 e. The second-order valence-electron chi connectivity index (χ2n) is 6.38. The fourth-order valence-electron chi connectivity index (χ4n) is 2.93. The van der Waals surface area contributed by atoms with Crippen LogP contribution >= 0.6 is 0 Å². The SMILES string of the molecule is CCNC(=NCc1ccc(OC(F)F)c(OCC)c1)NCc1c(CC)noc1CC. The number of alkyl halides is 2. The zero-order valence-corrected chi connectivity index (χ0v) is 17.9. The van der Waals surface area contributed by atoms with Gasteiger partial charge in [0.25, 0.3) is 0 Å². The maximum absolute atomic E-state index is 12.6. The van der Waals surface area contributed by atoms with Crippen LogP contribution in [0.3, 0.4) is 0 Å². The standard InChI is InChI=1S/C21H30F2N4O3/c1-5-16-15(17(6-2)30-27-16)13-26-21(24-7-3)25-12-14-9-10-18(29-20(22)23)19(11-14)28-8-4/h9-11,20H,5-8,12-13H2,1-4H3,(H2,24,25,26). The summed E-state index contributed by atoms with van der Waals surface area (Å²) in [6.07, 6.45) is 1.56. The molecule has 30 heavy (non-hydrogen) atoms. The lowest BCUT2D eigenvalue weighted by atomic mass is 10.1. The van der Waals surface area contributed by atoms with Gasteiger partial charge in [0, 0.05) is 25.1 Å². The van der Waals surface area contributed by atoms with Crippen LogP contribution in [-0.4, -0.2) is 30.9 Å². The molecular formula is C21H30F2N4O3. The second-order valence-corrected chi connectivity index (χ2v) is 6.38. The molecule has 0 aliphatic heterocycles. The van der Waals surface area contributed by atoms with E-state index in [0.29, 0.717) is 32.2 Å². The van der Waals surface area contributed by atoms with Crippen molar-refractivity contribution in [3.05, 3.63) is 40.8 Å². The number of nitrogens with zero attached hydrogens (tertiary/aromatic N) is 2. The Labute approximate surface area is 175 Å². The molecule has 0 spiro atoms. The molecule has 166 valence electrons. The predicted molar refractivity (Wildman–Crippen MR) is 111 cm³/mol. The monoisotopic (exact) mass is 424 g/mol. The number of guanidine groups is 1. The maximum atomic E-state index is 12.6. The molecule has 2 N–H and O–H groups in total. The minimum absolute atomic E-state index is 0.0104. The quantitative estimate of drug-likeness (QED) is 0.418. The van der Waals surface area contributed by atoms with E-state index in [9.17, 15) is 8.78 Å². The molecule has 0 aliphatic rings. The smallest absolute Gasteiger partial charge is 0.387 e. The summed E-state index contributed by atoms with van der Waals surface area (Å²) in [4.78, 5) is 4.58. The first-order chi connectivity index (χ1) is 14.5. The van der Waals surface area contributed by atoms with E-state index < -0.39 is 6.61 Å². The molecule has 1 aromatic carbocycles. The van der Waals surface area contributed by atoms with Gasteiger partial charge >= 0.3 is 6.61 Å². The molecule has 0 saturated carbocycles. The molecule has 9 heteroatoms. The van der Waals surface area contributed by atoms with Gasteiger partial charge in [-0.1, -0.05) is 25.1 Å². The van der Waals surface area contributed by atoms with E-state index >= 15 is 0 Å². The van der Waals surface area contributed by atoms with Crippen LogP contribution in [0.1, 0.15) is 50.3 Å². The number of hydrogen-bond acceptors (Lipinski definition) is 5. The highest BCUT2D eigenvalue weighted by Gasteiger charge is 2.14. The highest BCUT2D eigenvalue weighted by Crippen LogP contribution is 2.30. The van der Waals surface area contributed by atoms with Crippen LogP contribution in [0.5, 0.6) is 11.5 Å². The van der Waals surface area contributed by atoms with Crippen molar-refractivity contribution >= 4 is 5.96 Å². The van der Waals surface area contributed by atoms with Gasteiger partial charge in [-0.3, -0.25) is 0 Å². The van der Waals surface area contributed by atoms with Crippen LogP contribution in [0.15, 0.2) is 27.7 Å². The molecule has 0 fully saturated rings. The Hall–Kier alpha value is -2.84. The molecule has 0 aliphatic carbocycles. The summed E-state index contributed by atoms with van der Waals surface area (Å²) in [5, 5.41) is 10.6. The Morgan fingerprint density at radius 3 is 2.57 bits per heavy atom. The number of rotatable bonds is 11. The van der Waals surface area contributed by atoms with Crippen LogP contribution in [0.2, 0.25) is 0 Å². The Morgan fingerprint density at radius 2 is 1.93 bits per heavy atom. The Kier molecular flexibility index (Phi) is 9.37. The van der Waals surface area contributed by atoms with Gasteiger partial charge in [0.05, 0.1) is 18.8 Å². The van der Waals surface area contributed by atoms with Crippen molar-refractivity contribution < 1.29 is 22.8 Å². The summed E-state index contributed by atoms with van der Waals surface area (Å²) in [6, 6.07) is 4.83. The zero-order valence-electron chi connectivity index (χ0n) is 17.9. The Morgan fingerprint density at radius 1 is 1.13 bits per heavy atom. The third kappa shape index (κ3) is 6.60. The van der Waals surface area contributed by atoms with Crippen molar-refractivity contribution in [2.24, 2.45) is 4.99 Å². The first kappa shape index (κ1) is 23.4. The van der Waals surface area contributed by atoms with Gasteiger partial charge < -0.3 is 24.6 Å². The maximum Gasteiger partial charge on any atom is 0.387 e. The van der Waals surface area contributed by atoms with Crippen molar-refractivity contribution in [1.29, 1.82) is 0 Å². The number of aromatic nitrogens is 1. The van der Waals surface area contributed by atoms with E-state index in [1.54, 1.807) is 19.1 Å². The second kappa shape index (κ2) is 12.0. The van der Waals surface area contributed by atoms with Gasteiger partial charge in [0.1, 0.15) is 5.76 Å². The fraction of sp³-hybridized carbons (Fsp3) is 0.524. The van der Waals surface area contributed by atoms with Crippen molar-refractivity contribution in [3.8, 4) is 11.5 Å². The lowest BCUT2D eigenvalue weighted by Crippen LogP contribution is -2.37. The van der Waals surface area contributed by atoms with E-state index in [1.165, 1.54) is 6.07 Å². The molecule has 2 rings (SSSR count). The number of aliphatic imine (C=N–C) groups is 1. The van der Waals surface area contributed by atoms with Crippen LogP contribution in [0.25, 0.3) is 0 Å². The molecule has 0 atom stereocenters. The summed E-state index contributed by atoms with van der Waals surface area (Å²) < 4.78 is 40.5. The minimum atomic E-state index is -2.91. The highest BCUT2D eigenvalue weighted by molar-refractivity contribution is 5.79. The van der Waals surface area contributed by atoms with E-state index in [0.717, 1.165) is 35.4 Å². The zero-order chi connectivity index (χ0) is 21.9. The van der Waals surface area contributed by atoms with E-state index in [1.807, 2.05) is 20.8 Å². The lowest BCUT2D eigenvalue weighted by Gasteiger charge is -2.13. The molecule has 1 aromatic heterocycles. The molecule has 1 heterocycles. The summed E-state index contributed by atoms with van der Waals surface area (Å²) in [5.41, 5.74) is 2.80. The normalized spacial score (nSPS) is 11.6. The van der Waals surface area contributed by atoms with Crippen molar-refractivity contribution in [1.82, 2.24) is 15.8 Å². The molecule has 0 radical (unpaired) electrons. The molecular weight excluding hydrogens is 394 g/mol. The number of nitrogens with one attached hydrogen (secondary N) is 2. The molecule has 0 bridgehead atoms. The van der Waals surface area contributed by atoms with Crippen LogP contribution in [0, 0.1) is 0 Å². The minimum Gasteiger partial charge on any atom is -0.490 e. The molecule has 2 aromatic rings. The first-order valence-corrected chi connectivity index (χ1v) is 10.2. The van der Waals surface area contributed by atoms with Gasteiger partial charge in [-0.2, -0.15) is 8.78 Å². The lowest BCUT2D eigenvalue weighted by molar-refractivity contribution is -0.0514. The molecule has 0 saturated heterocycles. The topological polar surface area (TPSA) is 80.9 Å². The third-order valence-corrected chi connectivity index (χ3v) is 4.33. The average molecular weight is 424 g/mol. The van der Waals surface area contributed by atoms with Crippen LogP contribution in [0.4, 0.5) is 8.78 Å². The Balaban J connectivity index is 2.12. The van der Waals surface area contributed by atoms with E-state index in [4.69, 9.17) is 9.26 Å². The van der Waals surface area contributed by atoms with Crippen LogP contribution < -0.4 is 20.1 Å². The predicted octanol–water partition coefficient (Wildman–Crippen LogP) is 4.05. The summed E-state index contributed by atoms with van der Waals surface area (Å²) in [7, 11) is 0. The number of benzene rings is 1. The number of halogens is 2. The molecule has 0 amide bonds. The van der Waals surface area contributed by atoms with E-state index in [-0.39, 0.29) is 11.5 Å². The number of hydrogen-bond donors (Lipinski definition) is 2. The van der Waals surface area contributed by atoms with Gasteiger partial charge in [0.2, 0.25) is 0 Å². The van der Waals surface area contributed by atoms with Crippen LogP contribution in [-0.2, 0) is 25.9 Å². The molecule has 7 nitrogen and oxygen atoms in total. The van der Waals surface area contributed by atoms with E-state index in [2.05, 4.69) is 25.5 Å². The third-order valence-electron chi connectivity index (χ3n) is 4.33. The van der Waals surface area contributed by atoms with Gasteiger partial charge in [-0.15, -0.1) is 0 Å².